The van der Waals surface area contributed by atoms with Crippen molar-refractivity contribution < 1.29 is 13.2 Å². The molecule has 5 rings (SSSR count). The van der Waals surface area contributed by atoms with Crippen LogP contribution in [0.2, 0.25) is 0 Å². The van der Waals surface area contributed by atoms with Crippen molar-refractivity contribution in [2.75, 3.05) is 11.9 Å². The lowest BCUT2D eigenvalue weighted by Gasteiger charge is -2.33. The third kappa shape index (κ3) is 4.85. The van der Waals surface area contributed by atoms with E-state index >= 15 is 0 Å². The molecular formula is C31H37N3O3S. The fourth-order valence-corrected chi connectivity index (χ4v) is 8.34. The average Bonchev–Trinajstić information content (AvgIpc) is 3.20. The van der Waals surface area contributed by atoms with Crippen LogP contribution in [0.1, 0.15) is 55.7 Å². The van der Waals surface area contributed by atoms with Crippen molar-refractivity contribution in [1.82, 2.24) is 8.87 Å². The number of nitrogens with zero attached hydrogens (tertiary/aromatic N) is 2. The molecule has 0 radical (unpaired) electrons. The first-order valence-corrected chi connectivity index (χ1v) is 15.0. The number of amides is 1. The van der Waals surface area contributed by atoms with Gasteiger partial charge in [0.05, 0.1) is 11.4 Å². The van der Waals surface area contributed by atoms with E-state index in [-0.39, 0.29) is 18.5 Å². The number of sulfonamides is 1. The molecule has 1 aliphatic rings. The van der Waals surface area contributed by atoms with Crippen LogP contribution >= 0.6 is 0 Å². The zero-order chi connectivity index (χ0) is 27.0. The summed E-state index contributed by atoms with van der Waals surface area (Å²) in [5.74, 6) is -0.319. The molecule has 1 heterocycles. The summed E-state index contributed by atoms with van der Waals surface area (Å²) in [5, 5.41) is 5.21. The second-order valence-electron chi connectivity index (χ2n) is 10.6. The number of anilines is 1. The van der Waals surface area contributed by atoms with Crippen molar-refractivity contribution >= 4 is 43.4 Å². The number of aryl methyl sites for hydroxylation is 4. The number of carbonyl (C=O) groups excluding carboxylic acids is 1. The number of hydrogen-bond donors (Lipinski definition) is 1. The second-order valence-corrected chi connectivity index (χ2v) is 12.4. The molecule has 0 bridgehead atoms. The number of hydrogen-bond acceptors (Lipinski definition) is 3. The highest BCUT2D eigenvalue weighted by molar-refractivity contribution is 7.89. The highest BCUT2D eigenvalue weighted by Crippen LogP contribution is 2.33. The highest BCUT2D eigenvalue weighted by Gasteiger charge is 2.35. The molecule has 0 saturated heterocycles. The van der Waals surface area contributed by atoms with E-state index in [2.05, 4.69) is 28.9 Å². The Bertz CT molecular complexity index is 1590. The lowest BCUT2D eigenvalue weighted by Crippen LogP contribution is -2.46. The van der Waals surface area contributed by atoms with E-state index < -0.39 is 10.0 Å². The molecule has 0 unspecified atom stereocenters. The van der Waals surface area contributed by atoms with Crippen LogP contribution in [0.3, 0.4) is 0 Å². The van der Waals surface area contributed by atoms with E-state index in [4.69, 9.17) is 0 Å². The number of carbonyl (C=O) groups is 1. The van der Waals surface area contributed by atoms with Gasteiger partial charge in [0.2, 0.25) is 15.9 Å². The number of fused-ring (bicyclic) bond motifs is 3. The van der Waals surface area contributed by atoms with E-state index in [1.165, 1.54) is 4.31 Å². The summed E-state index contributed by atoms with van der Waals surface area (Å²) in [5.41, 5.74) is 5.42. The van der Waals surface area contributed by atoms with Gasteiger partial charge in [-0.25, -0.2) is 8.42 Å². The van der Waals surface area contributed by atoms with Crippen LogP contribution in [0.25, 0.3) is 21.8 Å². The van der Waals surface area contributed by atoms with Crippen molar-refractivity contribution in [1.29, 1.82) is 0 Å². The van der Waals surface area contributed by atoms with Crippen LogP contribution in [0.5, 0.6) is 0 Å². The number of rotatable bonds is 7. The van der Waals surface area contributed by atoms with Crippen LogP contribution in [-0.4, -0.2) is 35.8 Å². The van der Waals surface area contributed by atoms with Crippen LogP contribution in [0.15, 0.2) is 59.5 Å². The molecule has 1 aliphatic carbocycles. The van der Waals surface area contributed by atoms with Crippen molar-refractivity contribution in [3.05, 3.63) is 71.3 Å². The van der Waals surface area contributed by atoms with E-state index in [1.54, 1.807) is 0 Å². The lowest BCUT2D eigenvalue weighted by molar-refractivity contribution is -0.116. The van der Waals surface area contributed by atoms with Crippen molar-refractivity contribution in [2.24, 2.45) is 0 Å². The van der Waals surface area contributed by atoms with Gasteiger partial charge in [-0.05, 0) is 75.9 Å². The number of nitrogens with one attached hydrogen (secondary N) is 1. The van der Waals surface area contributed by atoms with Crippen molar-refractivity contribution in [3.63, 3.8) is 0 Å². The molecule has 0 spiro atoms. The molecule has 1 saturated carbocycles. The molecule has 200 valence electrons. The third-order valence-corrected chi connectivity index (χ3v) is 10.0. The molecule has 38 heavy (non-hydrogen) atoms. The summed E-state index contributed by atoms with van der Waals surface area (Å²) in [7, 11) is -3.86. The largest absolute Gasteiger partial charge is 0.341 e. The van der Waals surface area contributed by atoms with Crippen molar-refractivity contribution in [2.45, 2.75) is 77.3 Å². The van der Waals surface area contributed by atoms with Crippen LogP contribution in [0.4, 0.5) is 5.69 Å². The first-order valence-electron chi connectivity index (χ1n) is 13.6. The van der Waals surface area contributed by atoms with E-state index in [1.807, 2.05) is 63.2 Å². The molecule has 3 aromatic carbocycles. The average molecular weight is 532 g/mol. The van der Waals surface area contributed by atoms with Crippen molar-refractivity contribution in [3.8, 4) is 0 Å². The summed E-state index contributed by atoms with van der Waals surface area (Å²) in [6, 6.07) is 17.8. The number of para-hydroxylation sites is 1. The topological polar surface area (TPSA) is 71.4 Å². The van der Waals surface area contributed by atoms with Gasteiger partial charge in [-0.2, -0.15) is 4.31 Å². The Hall–Kier alpha value is -3.16. The molecular weight excluding hydrogens is 494 g/mol. The maximum atomic E-state index is 14.1. The van der Waals surface area contributed by atoms with Gasteiger partial charge in [-0.15, -0.1) is 0 Å². The molecule has 0 atom stereocenters. The van der Waals surface area contributed by atoms with Gasteiger partial charge in [0.25, 0.3) is 0 Å². The van der Waals surface area contributed by atoms with E-state index in [9.17, 15) is 13.2 Å². The summed E-state index contributed by atoms with van der Waals surface area (Å²) in [4.78, 5) is 13.7. The Morgan fingerprint density at radius 1 is 0.921 bits per heavy atom. The predicted octanol–water partition coefficient (Wildman–Crippen LogP) is 6.70. The fourth-order valence-electron chi connectivity index (χ4n) is 6.28. The monoisotopic (exact) mass is 531 g/mol. The van der Waals surface area contributed by atoms with E-state index in [0.717, 1.165) is 77.1 Å². The maximum Gasteiger partial charge on any atom is 0.244 e. The molecule has 1 N–H and O–H groups in total. The molecule has 1 amide bonds. The van der Waals surface area contributed by atoms with E-state index in [0.29, 0.717) is 10.6 Å². The van der Waals surface area contributed by atoms with Crippen LogP contribution in [0, 0.1) is 20.8 Å². The summed E-state index contributed by atoms with van der Waals surface area (Å²) < 4.78 is 31.9. The Kier molecular flexibility index (Phi) is 7.34. The van der Waals surface area contributed by atoms with Gasteiger partial charge in [-0.1, -0.05) is 55.2 Å². The zero-order valence-corrected chi connectivity index (χ0v) is 23.6. The summed E-state index contributed by atoms with van der Waals surface area (Å²) in [6.45, 7) is 8.43. The standard InChI is InChI=1S/C31H37N3O3S/c1-5-33-28-14-10-9-13-26(28)27-19-24(15-16-29(27)33)32-30(35)20-34(25-11-7-6-8-12-25)38(36,37)31-22(3)17-21(2)18-23(31)4/h9-10,13-19,25H,5-8,11-12,20H2,1-4H3,(H,32,35). The second kappa shape index (κ2) is 10.5. The minimum atomic E-state index is -3.86. The van der Waals surface area contributed by atoms with Crippen LogP contribution in [-0.2, 0) is 21.4 Å². The first kappa shape index (κ1) is 26.4. The van der Waals surface area contributed by atoms with Gasteiger partial charge in [0, 0.05) is 40.1 Å². The van der Waals surface area contributed by atoms with Crippen LogP contribution < -0.4 is 5.32 Å². The minimum Gasteiger partial charge on any atom is -0.341 e. The van der Waals surface area contributed by atoms with Gasteiger partial charge >= 0.3 is 0 Å². The zero-order valence-electron chi connectivity index (χ0n) is 22.8. The quantitative estimate of drug-likeness (QED) is 0.288. The minimum absolute atomic E-state index is 0.176. The molecule has 1 fully saturated rings. The smallest absolute Gasteiger partial charge is 0.244 e. The number of aromatic nitrogens is 1. The molecule has 1 aromatic heterocycles. The summed E-state index contributed by atoms with van der Waals surface area (Å²) >= 11 is 0. The normalized spacial score (nSPS) is 15.0. The van der Waals surface area contributed by atoms with Gasteiger partial charge in [-0.3, -0.25) is 4.79 Å². The Balaban J connectivity index is 1.47. The van der Waals surface area contributed by atoms with Gasteiger partial charge in [0.15, 0.2) is 0 Å². The Morgan fingerprint density at radius 3 is 2.26 bits per heavy atom. The molecule has 4 aromatic rings. The third-order valence-electron chi connectivity index (χ3n) is 7.83. The van der Waals surface area contributed by atoms with Gasteiger partial charge < -0.3 is 9.88 Å². The molecule has 0 aliphatic heterocycles. The lowest BCUT2D eigenvalue weighted by atomic mass is 9.95. The molecule has 7 heteroatoms. The first-order chi connectivity index (χ1) is 18.2. The number of benzene rings is 3. The maximum absolute atomic E-state index is 14.1. The summed E-state index contributed by atoms with van der Waals surface area (Å²) in [6.07, 6.45) is 4.60. The Labute approximate surface area is 225 Å². The highest BCUT2D eigenvalue weighted by atomic mass is 32.2. The van der Waals surface area contributed by atoms with Gasteiger partial charge in [0.1, 0.15) is 0 Å². The SMILES string of the molecule is CCn1c2ccccc2c2cc(NC(=O)CN(C3CCCCC3)S(=O)(=O)c3c(C)cc(C)cc3C)ccc21. The molecule has 6 nitrogen and oxygen atoms in total. The Morgan fingerprint density at radius 2 is 1.58 bits per heavy atom. The fraction of sp³-hybridized carbons (Fsp3) is 0.387. The predicted molar refractivity (Wildman–Crippen MR) is 155 cm³/mol.